The van der Waals surface area contributed by atoms with Crippen LogP contribution in [-0.2, 0) is 6.42 Å². The first-order valence-electron chi connectivity index (χ1n) is 9.36. The van der Waals surface area contributed by atoms with Gasteiger partial charge in [0.2, 0.25) is 0 Å². The molecule has 0 fully saturated rings. The maximum absolute atomic E-state index is 12.2. The smallest absolute Gasteiger partial charge is 0.254 e. The van der Waals surface area contributed by atoms with Crippen LogP contribution in [0.3, 0.4) is 0 Å². The van der Waals surface area contributed by atoms with Gasteiger partial charge in [0, 0.05) is 49.8 Å². The molecule has 0 aliphatic carbocycles. The fourth-order valence-electron chi connectivity index (χ4n) is 3.03. The number of carbonyl (C=O) groups is 1. The van der Waals surface area contributed by atoms with E-state index in [1.165, 1.54) is 6.20 Å². The van der Waals surface area contributed by atoms with Crippen LogP contribution < -0.4 is 0 Å². The minimum absolute atomic E-state index is 0.0136. The van der Waals surface area contributed by atoms with E-state index in [1.54, 1.807) is 23.0 Å². The number of carbonyl (C=O) groups excluding carboxylic acids is 1. The molecule has 4 aromatic rings. The highest BCUT2D eigenvalue weighted by Gasteiger charge is 2.12. The quantitative estimate of drug-likeness (QED) is 0.485. The first-order chi connectivity index (χ1) is 14.1. The Morgan fingerprint density at radius 1 is 1.10 bits per heavy atom. The lowest BCUT2D eigenvalue weighted by Crippen LogP contribution is -2.05. The predicted molar refractivity (Wildman–Crippen MR) is 106 cm³/mol. The molecule has 0 bridgehead atoms. The number of hydrogen-bond donors (Lipinski definition) is 1. The average molecular weight is 388 g/mol. The number of aryl methyl sites for hydroxylation is 1. The Morgan fingerprint density at radius 3 is 2.72 bits per heavy atom. The van der Waals surface area contributed by atoms with E-state index >= 15 is 0 Å². The number of aliphatic hydroxyl groups is 1. The highest BCUT2D eigenvalue weighted by atomic mass is 16.3. The Kier molecular flexibility index (Phi) is 5.35. The van der Waals surface area contributed by atoms with Crippen LogP contribution in [0.15, 0.2) is 49.1 Å². The Bertz CT molecular complexity index is 1150. The number of aromatic nitrogens is 6. The number of hydrogen-bond acceptors (Lipinski definition) is 7. The van der Waals surface area contributed by atoms with Crippen LogP contribution in [-0.4, -0.2) is 47.0 Å². The third-order valence-corrected chi connectivity index (χ3v) is 4.55. The van der Waals surface area contributed by atoms with Gasteiger partial charge in [0.1, 0.15) is 5.82 Å². The molecule has 0 atom stereocenters. The van der Waals surface area contributed by atoms with Crippen molar-refractivity contribution in [1.29, 1.82) is 0 Å². The van der Waals surface area contributed by atoms with Crippen LogP contribution in [0.1, 0.15) is 40.2 Å². The molecule has 0 unspecified atom stereocenters. The number of Topliss-reactive ketones (excluding diaryl/α,β-unsaturated/α-hetero) is 1. The Hall–Kier alpha value is -3.52. The highest BCUT2D eigenvalue weighted by molar-refractivity contribution is 5.95. The molecule has 0 amide bonds. The molecule has 0 saturated carbocycles. The van der Waals surface area contributed by atoms with E-state index in [2.05, 4.69) is 25.1 Å². The summed E-state index contributed by atoms with van der Waals surface area (Å²) >= 11 is 0. The lowest BCUT2D eigenvalue weighted by atomic mass is 10.1. The predicted octanol–water partition coefficient (Wildman–Crippen LogP) is 2.44. The number of nitrogens with zero attached hydrogens (tertiary/aromatic N) is 6. The zero-order chi connectivity index (χ0) is 20.2. The lowest BCUT2D eigenvalue weighted by molar-refractivity contribution is 0.0970. The molecule has 3 aromatic heterocycles. The molecule has 3 heterocycles. The van der Waals surface area contributed by atoms with Crippen molar-refractivity contribution in [3.63, 3.8) is 0 Å². The van der Waals surface area contributed by atoms with E-state index in [9.17, 15) is 4.79 Å². The number of ketones is 1. The van der Waals surface area contributed by atoms with Gasteiger partial charge in [-0.05, 0) is 30.5 Å². The van der Waals surface area contributed by atoms with Crippen LogP contribution in [0.2, 0.25) is 0 Å². The molecular weight excluding hydrogens is 368 g/mol. The van der Waals surface area contributed by atoms with Gasteiger partial charge in [-0.2, -0.15) is 0 Å². The van der Waals surface area contributed by atoms with Crippen molar-refractivity contribution in [3.8, 4) is 11.4 Å². The summed E-state index contributed by atoms with van der Waals surface area (Å²) in [6, 6.07) is 7.95. The number of benzene rings is 1. The minimum atomic E-state index is -0.0633. The van der Waals surface area contributed by atoms with E-state index in [0.717, 1.165) is 16.7 Å². The van der Waals surface area contributed by atoms with Gasteiger partial charge in [-0.25, -0.2) is 15.0 Å². The lowest BCUT2D eigenvalue weighted by Gasteiger charge is -2.05. The molecule has 0 spiro atoms. The molecular formula is C21H20N6O2. The largest absolute Gasteiger partial charge is 0.396 e. The Balaban J connectivity index is 1.61. The fraction of sp³-hybridized carbons (Fsp3) is 0.238. The summed E-state index contributed by atoms with van der Waals surface area (Å²) in [6.07, 6.45) is 8.04. The van der Waals surface area contributed by atoms with Gasteiger partial charge in [-0.3, -0.25) is 9.20 Å². The van der Waals surface area contributed by atoms with Crippen molar-refractivity contribution in [2.45, 2.75) is 26.2 Å². The van der Waals surface area contributed by atoms with Crippen LogP contribution in [0.5, 0.6) is 0 Å². The van der Waals surface area contributed by atoms with Crippen LogP contribution in [0.25, 0.3) is 17.2 Å². The molecule has 8 nitrogen and oxygen atoms in total. The van der Waals surface area contributed by atoms with E-state index in [4.69, 9.17) is 5.11 Å². The summed E-state index contributed by atoms with van der Waals surface area (Å²) in [7, 11) is 0. The van der Waals surface area contributed by atoms with Gasteiger partial charge in [-0.1, -0.05) is 18.2 Å². The molecule has 1 N–H and O–H groups in total. The van der Waals surface area contributed by atoms with Gasteiger partial charge in [0.15, 0.2) is 11.6 Å². The number of fused-ring (bicyclic) bond motifs is 1. The SMILES string of the molecule is Cc1cnc(-c2cccc(Cc3nnc4ncc(C(=O)CCCO)cn34)c2)nc1. The third kappa shape index (κ3) is 4.17. The molecule has 1 aromatic carbocycles. The van der Waals surface area contributed by atoms with Gasteiger partial charge in [-0.15, -0.1) is 10.2 Å². The van der Waals surface area contributed by atoms with Crippen molar-refractivity contribution < 1.29 is 9.90 Å². The molecule has 29 heavy (non-hydrogen) atoms. The second-order valence-corrected chi connectivity index (χ2v) is 6.84. The zero-order valence-corrected chi connectivity index (χ0v) is 16.0. The third-order valence-electron chi connectivity index (χ3n) is 4.55. The van der Waals surface area contributed by atoms with Crippen LogP contribution >= 0.6 is 0 Å². The average Bonchev–Trinajstić information content (AvgIpc) is 3.14. The van der Waals surface area contributed by atoms with E-state index < -0.39 is 0 Å². The summed E-state index contributed by atoms with van der Waals surface area (Å²) in [5.74, 6) is 1.73. The second kappa shape index (κ2) is 8.24. The van der Waals surface area contributed by atoms with E-state index in [1.807, 2.05) is 31.2 Å². The summed E-state index contributed by atoms with van der Waals surface area (Å²) in [6.45, 7) is 1.94. The minimum Gasteiger partial charge on any atom is -0.396 e. The molecule has 0 aliphatic heterocycles. The molecule has 4 rings (SSSR count). The topological polar surface area (TPSA) is 106 Å². The fourth-order valence-corrected chi connectivity index (χ4v) is 3.03. The van der Waals surface area contributed by atoms with Crippen LogP contribution in [0, 0.1) is 6.92 Å². The maximum Gasteiger partial charge on any atom is 0.254 e. The first-order valence-corrected chi connectivity index (χ1v) is 9.36. The molecule has 0 radical (unpaired) electrons. The number of aliphatic hydroxyl groups excluding tert-OH is 1. The van der Waals surface area contributed by atoms with Gasteiger partial charge in [0.25, 0.3) is 5.78 Å². The summed E-state index contributed by atoms with van der Waals surface area (Å²) in [5, 5.41) is 17.3. The molecule has 146 valence electrons. The van der Waals surface area contributed by atoms with Crippen molar-refractivity contribution >= 4 is 11.6 Å². The molecule has 0 aliphatic rings. The normalized spacial score (nSPS) is 11.1. The van der Waals surface area contributed by atoms with Crippen molar-refractivity contribution in [1.82, 2.24) is 29.5 Å². The maximum atomic E-state index is 12.2. The summed E-state index contributed by atoms with van der Waals surface area (Å²) in [5.41, 5.74) is 3.44. The van der Waals surface area contributed by atoms with Crippen molar-refractivity contribution in [3.05, 3.63) is 71.6 Å². The van der Waals surface area contributed by atoms with Gasteiger partial charge >= 0.3 is 0 Å². The number of rotatable bonds is 7. The highest BCUT2D eigenvalue weighted by Crippen LogP contribution is 2.18. The van der Waals surface area contributed by atoms with Gasteiger partial charge in [0.05, 0.1) is 5.56 Å². The Morgan fingerprint density at radius 2 is 1.93 bits per heavy atom. The standard InChI is InChI=1S/C21H20N6O2/c1-14-10-22-20(23-11-14)16-5-2-4-15(8-16)9-19-25-26-21-24-12-17(13-27(19)21)18(29)6-3-7-28/h2,4-5,8,10-13,28H,3,6-7,9H2,1H3. The zero-order valence-electron chi connectivity index (χ0n) is 16.0. The molecule has 0 saturated heterocycles. The monoisotopic (exact) mass is 388 g/mol. The summed E-state index contributed by atoms with van der Waals surface area (Å²) in [4.78, 5) is 25.2. The summed E-state index contributed by atoms with van der Waals surface area (Å²) < 4.78 is 1.74. The van der Waals surface area contributed by atoms with Gasteiger partial charge < -0.3 is 5.11 Å². The van der Waals surface area contributed by atoms with Crippen LogP contribution in [0.4, 0.5) is 0 Å². The van der Waals surface area contributed by atoms with E-state index in [-0.39, 0.29) is 18.8 Å². The second-order valence-electron chi connectivity index (χ2n) is 6.84. The van der Waals surface area contributed by atoms with Crippen molar-refractivity contribution in [2.24, 2.45) is 0 Å². The van der Waals surface area contributed by atoms with Crippen molar-refractivity contribution in [2.75, 3.05) is 6.61 Å². The van der Waals surface area contributed by atoms with E-state index in [0.29, 0.717) is 35.8 Å². The molecule has 8 heteroatoms. The first kappa shape index (κ1) is 18.8. The Labute approximate surface area is 167 Å².